The summed E-state index contributed by atoms with van der Waals surface area (Å²) in [6, 6.07) is 2.24. The molecule has 2 heterocycles. The summed E-state index contributed by atoms with van der Waals surface area (Å²) in [5.41, 5.74) is 0.905. The topological polar surface area (TPSA) is 41.1 Å². The quantitative estimate of drug-likeness (QED) is 0.771. The Bertz CT molecular complexity index is 329. The smallest absolute Gasteiger partial charge is 0.227 e. The summed E-state index contributed by atoms with van der Waals surface area (Å²) in [6.45, 7) is 3.98. The van der Waals surface area contributed by atoms with E-state index in [0.29, 0.717) is 17.1 Å². The van der Waals surface area contributed by atoms with Gasteiger partial charge in [-0.2, -0.15) is 0 Å². The van der Waals surface area contributed by atoms with E-state index in [1.54, 1.807) is 6.07 Å². The Hall–Kier alpha value is -0.870. The van der Waals surface area contributed by atoms with Gasteiger partial charge in [-0.1, -0.05) is 11.6 Å². The van der Waals surface area contributed by atoms with Crippen molar-refractivity contribution in [2.75, 3.05) is 25.0 Å². The maximum absolute atomic E-state index is 5.91. The first kappa shape index (κ1) is 10.6. The van der Waals surface area contributed by atoms with Crippen LogP contribution in [0.3, 0.4) is 0 Å². The van der Waals surface area contributed by atoms with Gasteiger partial charge in [-0.3, -0.25) is 0 Å². The minimum atomic E-state index is 0.475. The summed E-state index contributed by atoms with van der Waals surface area (Å²) in [5.74, 6) is 0.716. The zero-order chi connectivity index (χ0) is 10.8. The van der Waals surface area contributed by atoms with E-state index in [2.05, 4.69) is 20.2 Å². The van der Waals surface area contributed by atoms with Crippen LogP contribution in [0.15, 0.2) is 6.07 Å². The van der Waals surface area contributed by atoms with E-state index in [4.69, 9.17) is 11.6 Å². The number of hydrogen-bond acceptors (Lipinski definition) is 4. The highest BCUT2D eigenvalue weighted by Crippen LogP contribution is 2.16. The van der Waals surface area contributed by atoms with E-state index in [1.807, 2.05) is 14.0 Å². The fraction of sp³-hybridized carbons (Fsp3) is 0.600. The first-order valence-electron chi connectivity index (χ1n) is 5.11. The molecular formula is C10H15ClN4. The summed E-state index contributed by atoms with van der Waals surface area (Å²) in [4.78, 5) is 10.7. The van der Waals surface area contributed by atoms with Crippen molar-refractivity contribution in [3.63, 3.8) is 0 Å². The van der Waals surface area contributed by atoms with Crippen LogP contribution in [0.2, 0.25) is 5.15 Å². The minimum Gasteiger partial charge on any atom is -0.340 e. The van der Waals surface area contributed by atoms with E-state index in [-0.39, 0.29) is 0 Å². The molecule has 1 aromatic rings. The second kappa shape index (κ2) is 4.33. The van der Waals surface area contributed by atoms with Crippen LogP contribution in [0.4, 0.5) is 5.95 Å². The number of likely N-dealkylation sites (N-methyl/N-ethyl adjacent to an activating group) is 1. The lowest BCUT2D eigenvalue weighted by Crippen LogP contribution is -2.34. The van der Waals surface area contributed by atoms with E-state index < -0.39 is 0 Å². The Balaban J connectivity index is 2.20. The van der Waals surface area contributed by atoms with Gasteiger partial charge in [0.1, 0.15) is 5.15 Å². The van der Waals surface area contributed by atoms with Crippen molar-refractivity contribution < 1.29 is 0 Å². The number of hydrogen-bond donors (Lipinski definition) is 1. The lowest BCUT2D eigenvalue weighted by Gasteiger charge is -2.23. The first-order valence-corrected chi connectivity index (χ1v) is 5.49. The molecule has 1 aliphatic heterocycles. The molecule has 0 saturated carbocycles. The Morgan fingerprint density at radius 1 is 1.53 bits per heavy atom. The molecule has 0 aromatic carbocycles. The highest BCUT2D eigenvalue weighted by Gasteiger charge is 2.21. The van der Waals surface area contributed by atoms with Gasteiger partial charge in [-0.25, -0.2) is 9.97 Å². The normalized spacial score (nSPS) is 20.6. The van der Waals surface area contributed by atoms with Crippen molar-refractivity contribution in [3.8, 4) is 0 Å². The fourth-order valence-electron chi connectivity index (χ4n) is 1.81. The van der Waals surface area contributed by atoms with Crippen molar-refractivity contribution in [2.45, 2.75) is 19.4 Å². The van der Waals surface area contributed by atoms with Crippen LogP contribution < -0.4 is 10.2 Å². The third-order valence-electron chi connectivity index (χ3n) is 2.71. The highest BCUT2D eigenvalue weighted by atomic mass is 35.5. The summed E-state index contributed by atoms with van der Waals surface area (Å²) in [7, 11) is 2.02. The van der Waals surface area contributed by atoms with Gasteiger partial charge in [-0.05, 0) is 26.0 Å². The Kier molecular flexibility index (Phi) is 3.07. The SMILES string of the molecule is Cc1cc(Cl)nc(N(C)[C@H]2CCNC2)n1. The standard InChI is InChI=1S/C10H15ClN4/c1-7-5-9(11)14-10(13-7)15(2)8-3-4-12-6-8/h5,8,12H,3-4,6H2,1-2H3/t8-/m0/s1. The van der Waals surface area contributed by atoms with Crippen LogP contribution in [0.5, 0.6) is 0 Å². The number of halogens is 1. The van der Waals surface area contributed by atoms with Crippen molar-refractivity contribution in [1.82, 2.24) is 15.3 Å². The molecule has 0 aliphatic carbocycles. The molecule has 1 aromatic heterocycles. The van der Waals surface area contributed by atoms with Crippen LogP contribution >= 0.6 is 11.6 Å². The molecule has 1 saturated heterocycles. The molecule has 1 aliphatic rings. The second-order valence-corrected chi connectivity index (χ2v) is 4.28. The van der Waals surface area contributed by atoms with E-state index in [9.17, 15) is 0 Å². The minimum absolute atomic E-state index is 0.475. The molecule has 0 spiro atoms. The van der Waals surface area contributed by atoms with Gasteiger partial charge in [0, 0.05) is 25.3 Å². The fourth-order valence-corrected chi connectivity index (χ4v) is 2.04. The van der Waals surface area contributed by atoms with Gasteiger partial charge >= 0.3 is 0 Å². The van der Waals surface area contributed by atoms with E-state index >= 15 is 0 Å². The van der Waals surface area contributed by atoms with Gasteiger partial charge in [0.05, 0.1) is 0 Å². The van der Waals surface area contributed by atoms with Crippen molar-refractivity contribution >= 4 is 17.5 Å². The number of aromatic nitrogens is 2. The van der Waals surface area contributed by atoms with Crippen LogP contribution in [0.1, 0.15) is 12.1 Å². The predicted octanol–water partition coefficient (Wildman–Crippen LogP) is 1.24. The lowest BCUT2D eigenvalue weighted by atomic mass is 10.2. The third kappa shape index (κ3) is 2.38. The number of nitrogens with one attached hydrogen (secondary N) is 1. The number of nitrogens with zero attached hydrogens (tertiary/aromatic N) is 3. The van der Waals surface area contributed by atoms with Crippen molar-refractivity contribution in [1.29, 1.82) is 0 Å². The molecule has 5 heteroatoms. The molecule has 0 bridgehead atoms. The Morgan fingerprint density at radius 2 is 2.33 bits per heavy atom. The zero-order valence-electron chi connectivity index (χ0n) is 9.00. The maximum atomic E-state index is 5.91. The third-order valence-corrected chi connectivity index (χ3v) is 2.90. The molecule has 1 atom stereocenters. The maximum Gasteiger partial charge on any atom is 0.227 e. The Morgan fingerprint density at radius 3 is 2.93 bits per heavy atom. The largest absolute Gasteiger partial charge is 0.340 e. The van der Waals surface area contributed by atoms with Gasteiger partial charge in [-0.15, -0.1) is 0 Å². The molecule has 2 rings (SSSR count). The number of aryl methyl sites for hydroxylation is 1. The molecule has 1 fully saturated rings. The molecule has 1 N–H and O–H groups in total. The second-order valence-electron chi connectivity index (χ2n) is 3.89. The van der Waals surface area contributed by atoms with Crippen LogP contribution in [-0.2, 0) is 0 Å². The average molecular weight is 227 g/mol. The Labute approximate surface area is 94.7 Å². The van der Waals surface area contributed by atoms with Gasteiger partial charge in [0.15, 0.2) is 0 Å². The first-order chi connectivity index (χ1) is 7.16. The summed E-state index contributed by atoms with van der Waals surface area (Å²) >= 11 is 5.91. The summed E-state index contributed by atoms with van der Waals surface area (Å²) < 4.78 is 0. The summed E-state index contributed by atoms with van der Waals surface area (Å²) in [5, 5.41) is 3.83. The zero-order valence-corrected chi connectivity index (χ0v) is 9.75. The monoisotopic (exact) mass is 226 g/mol. The van der Waals surface area contributed by atoms with Crippen molar-refractivity contribution in [3.05, 3.63) is 16.9 Å². The predicted molar refractivity (Wildman–Crippen MR) is 61.5 cm³/mol. The van der Waals surface area contributed by atoms with Crippen LogP contribution in [0.25, 0.3) is 0 Å². The van der Waals surface area contributed by atoms with Gasteiger partial charge in [0.2, 0.25) is 5.95 Å². The van der Waals surface area contributed by atoms with Crippen LogP contribution in [-0.4, -0.2) is 36.1 Å². The number of rotatable bonds is 2. The lowest BCUT2D eigenvalue weighted by molar-refractivity contribution is 0.667. The molecule has 0 amide bonds. The molecule has 0 unspecified atom stereocenters. The summed E-state index contributed by atoms with van der Waals surface area (Å²) in [6.07, 6.45) is 1.13. The van der Waals surface area contributed by atoms with Gasteiger partial charge in [0.25, 0.3) is 0 Å². The molecule has 4 nitrogen and oxygen atoms in total. The van der Waals surface area contributed by atoms with Gasteiger partial charge < -0.3 is 10.2 Å². The number of anilines is 1. The highest BCUT2D eigenvalue weighted by molar-refractivity contribution is 6.29. The molecular weight excluding hydrogens is 212 g/mol. The molecule has 82 valence electrons. The molecule has 15 heavy (non-hydrogen) atoms. The van der Waals surface area contributed by atoms with E-state index in [1.165, 1.54) is 0 Å². The van der Waals surface area contributed by atoms with Crippen LogP contribution in [0, 0.1) is 6.92 Å². The molecule has 0 radical (unpaired) electrons. The average Bonchev–Trinajstić information content (AvgIpc) is 2.67. The van der Waals surface area contributed by atoms with E-state index in [0.717, 1.165) is 25.2 Å². The van der Waals surface area contributed by atoms with Crippen molar-refractivity contribution in [2.24, 2.45) is 0 Å².